The third-order valence-corrected chi connectivity index (χ3v) is 8.85. The van der Waals surface area contributed by atoms with Gasteiger partial charge in [0.2, 0.25) is 0 Å². The zero-order chi connectivity index (χ0) is 22.7. The summed E-state index contributed by atoms with van der Waals surface area (Å²) >= 11 is 0. The van der Waals surface area contributed by atoms with Crippen LogP contribution < -0.4 is 0 Å². The summed E-state index contributed by atoms with van der Waals surface area (Å²) in [6.07, 6.45) is 5.99. The van der Waals surface area contributed by atoms with E-state index in [-0.39, 0.29) is 0 Å². The van der Waals surface area contributed by atoms with Crippen LogP contribution in [0.25, 0.3) is 28.3 Å². The summed E-state index contributed by atoms with van der Waals surface area (Å²) in [6.45, 7) is 16.2. The van der Waals surface area contributed by atoms with E-state index in [1.165, 1.54) is 62.9 Å². The molecule has 3 aromatic rings. The Balaban J connectivity index is 1.95. The molecule has 1 heteroatoms. The van der Waals surface area contributed by atoms with Crippen LogP contribution in [0.15, 0.2) is 42.0 Å². The number of fused-ring (bicyclic) bond motifs is 2. The van der Waals surface area contributed by atoms with Crippen LogP contribution in [0.4, 0.5) is 0 Å². The van der Waals surface area contributed by atoms with Crippen molar-refractivity contribution in [3.8, 4) is 22.3 Å². The Labute approximate surface area is 195 Å². The average Bonchev–Trinajstić information content (AvgIpc) is 3.27. The van der Waals surface area contributed by atoms with Gasteiger partial charge < -0.3 is 0 Å². The van der Waals surface area contributed by atoms with Gasteiger partial charge in [-0.05, 0) is 98.4 Å². The summed E-state index contributed by atoms with van der Waals surface area (Å²) in [6, 6.07) is 14.2. The van der Waals surface area contributed by atoms with Gasteiger partial charge in [-0.2, -0.15) is 0 Å². The summed E-state index contributed by atoms with van der Waals surface area (Å²) in [5, 5.41) is 1.74. The molecule has 0 aliphatic heterocycles. The highest BCUT2D eigenvalue weighted by atomic mass is 28.2. The minimum absolute atomic E-state index is 0.521. The van der Waals surface area contributed by atoms with Crippen LogP contribution in [-0.2, 0) is 12.8 Å². The van der Waals surface area contributed by atoms with Gasteiger partial charge in [-0.1, -0.05) is 88.6 Å². The van der Waals surface area contributed by atoms with Crippen molar-refractivity contribution in [3.05, 3.63) is 86.5 Å². The van der Waals surface area contributed by atoms with Crippen LogP contribution in [0, 0.1) is 27.7 Å². The van der Waals surface area contributed by atoms with Crippen molar-refractivity contribution in [2.24, 2.45) is 0 Å². The van der Waals surface area contributed by atoms with Gasteiger partial charge in [0.1, 0.15) is 0 Å². The number of hydrogen-bond acceptors (Lipinski definition) is 0. The average molecular weight is 435 g/mol. The minimum Gasteiger partial charge on any atom is -0.0683 e. The monoisotopic (exact) mass is 434 g/mol. The SMILES string of the molecule is CC1=Cc2c(c(-c3cc(C)cc(C)c3)c3c(c2-c2cc(C)cc(C)c2)C(=[Si](C)C)CC3)C1. The van der Waals surface area contributed by atoms with Crippen molar-refractivity contribution >= 4 is 19.7 Å². The van der Waals surface area contributed by atoms with Gasteiger partial charge in [-0.15, -0.1) is 0 Å². The fraction of sp³-hybridized carbons (Fsp3) is 0.323. The molecule has 32 heavy (non-hydrogen) atoms. The van der Waals surface area contributed by atoms with E-state index in [0.29, 0.717) is 0 Å². The Morgan fingerprint density at radius 3 is 1.66 bits per heavy atom. The lowest BCUT2D eigenvalue weighted by molar-refractivity contribution is 1.09. The molecule has 0 spiro atoms. The van der Waals surface area contributed by atoms with E-state index in [4.69, 9.17) is 0 Å². The fourth-order valence-electron chi connectivity index (χ4n) is 6.14. The smallest absolute Gasteiger partial charge is 0.00830 e. The number of benzene rings is 3. The molecule has 3 aromatic carbocycles. The Morgan fingerprint density at radius 1 is 0.594 bits per heavy atom. The molecular weight excluding hydrogens is 400 g/mol. The second kappa shape index (κ2) is 7.81. The first kappa shape index (κ1) is 21.3. The van der Waals surface area contributed by atoms with Crippen LogP contribution in [0.1, 0.15) is 57.9 Å². The largest absolute Gasteiger partial charge is 0.0683 e. The molecule has 0 amide bonds. The molecule has 0 nitrogen and oxygen atoms in total. The Hall–Kier alpha value is -2.51. The lowest BCUT2D eigenvalue weighted by atomic mass is 9.82. The maximum atomic E-state index is 2.49. The van der Waals surface area contributed by atoms with E-state index in [2.05, 4.69) is 90.2 Å². The molecule has 0 radical (unpaired) electrons. The highest BCUT2D eigenvalue weighted by Gasteiger charge is 2.32. The molecule has 0 heterocycles. The molecule has 0 N–H and O–H groups in total. The van der Waals surface area contributed by atoms with Gasteiger partial charge in [0.25, 0.3) is 0 Å². The van der Waals surface area contributed by atoms with Crippen molar-refractivity contribution in [3.63, 3.8) is 0 Å². The predicted molar refractivity (Wildman–Crippen MR) is 144 cm³/mol. The van der Waals surface area contributed by atoms with Crippen molar-refractivity contribution in [1.82, 2.24) is 0 Å². The van der Waals surface area contributed by atoms with Crippen molar-refractivity contribution in [2.45, 2.75) is 67.0 Å². The maximum Gasteiger partial charge on any atom is 0.00830 e. The maximum absolute atomic E-state index is 2.49. The molecular formula is C31H34Si. The van der Waals surface area contributed by atoms with Gasteiger partial charge in [0, 0.05) is 8.41 Å². The van der Waals surface area contributed by atoms with Crippen LogP contribution in [0.2, 0.25) is 13.1 Å². The number of rotatable bonds is 2. The van der Waals surface area contributed by atoms with E-state index in [1.807, 2.05) is 0 Å². The molecule has 0 bridgehead atoms. The third kappa shape index (κ3) is 3.48. The van der Waals surface area contributed by atoms with Gasteiger partial charge in [0.15, 0.2) is 0 Å². The van der Waals surface area contributed by atoms with Gasteiger partial charge >= 0.3 is 0 Å². The lowest BCUT2D eigenvalue weighted by Crippen LogP contribution is -2.11. The molecule has 5 rings (SSSR count). The molecule has 2 aliphatic carbocycles. The summed E-state index contributed by atoms with van der Waals surface area (Å²) in [7, 11) is -0.521. The van der Waals surface area contributed by atoms with Crippen LogP contribution in [-0.4, -0.2) is 13.6 Å². The lowest BCUT2D eigenvalue weighted by Gasteiger charge is -2.23. The highest BCUT2D eigenvalue weighted by Crippen LogP contribution is 2.48. The first-order valence-electron chi connectivity index (χ1n) is 12.0. The van der Waals surface area contributed by atoms with E-state index in [9.17, 15) is 0 Å². The van der Waals surface area contributed by atoms with Gasteiger partial charge in [-0.25, -0.2) is 0 Å². The van der Waals surface area contributed by atoms with Gasteiger partial charge in [-0.3, -0.25) is 0 Å². The molecule has 2 aliphatic rings. The molecule has 0 aromatic heterocycles. The first-order valence-corrected chi connectivity index (χ1v) is 14.5. The Kier molecular flexibility index (Phi) is 5.21. The quantitative estimate of drug-likeness (QED) is 0.358. The predicted octanol–water partition coefficient (Wildman–Crippen LogP) is 8.02. The first-order chi connectivity index (χ1) is 15.2. The summed E-state index contributed by atoms with van der Waals surface area (Å²) < 4.78 is 0. The second-order valence-corrected chi connectivity index (χ2v) is 13.0. The van der Waals surface area contributed by atoms with Crippen LogP contribution in [0.5, 0.6) is 0 Å². The second-order valence-electron chi connectivity index (χ2n) is 10.4. The summed E-state index contributed by atoms with van der Waals surface area (Å²) in [4.78, 5) is 0. The molecule has 0 saturated carbocycles. The third-order valence-electron chi connectivity index (χ3n) is 7.15. The summed E-state index contributed by atoms with van der Waals surface area (Å²) in [5.74, 6) is 0. The van der Waals surface area contributed by atoms with Crippen LogP contribution >= 0.6 is 0 Å². The zero-order valence-corrected chi connectivity index (χ0v) is 21.7. The Bertz CT molecular complexity index is 1300. The van der Waals surface area contributed by atoms with E-state index >= 15 is 0 Å². The molecule has 162 valence electrons. The van der Waals surface area contributed by atoms with Gasteiger partial charge in [0.05, 0.1) is 0 Å². The standard InChI is InChI=1S/C31H34Si/c1-18-10-19(2)13-23(12-18)29-25-8-9-28(32(6)7)31(25)30(27-17-22(5)16-26(27)29)24-14-20(3)11-21(4)15-24/h10-15,17H,8-9,16H2,1-7H3. The summed E-state index contributed by atoms with van der Waals surface area (Å²) in [5.41, 5.74) is 19.1. The molecule has 0 fully saturated rings. The molecule has 0 unspecified atom stereocenters. The zero-order valence-electron chi connectivity index (χ0n) is 20.7. The van der Waals surface area contributed by atoms with Crippen molar-refractivity contribution < 1.29 is 0 Å². The van der Waals surface area contributed by atoms with Crippen molar-refractivity contribution in [1.29, 1.82) is 0 Å². The van der Waals surface area contributed by atoms with E-state index in [1.54, 1.807) is 27.4 Å². The number of aryl methyl sites for hydroxylation is 4. The number of hydrogen-bond donors (Lipinski definition) is 0. The van der Waals surface area contributed by atoms with E-state index in [0.717, 1.165) is 6.42 Å². The molecule has 0 saturated heterocycles. The highest BCUT2D eigenvalue weighted by molar-refractivity contribution is 6.72. The number of allylic oxidation sites excluding steroid dienone is 1. The minimum atomic E-state index is -0.521. The fourth-order valence-corrected chi connectivity index (χ4v) is 7.54. The van der Waals surface area contributed by atoms with E-state index < -0.39 is 8.41 Å². The molecule has 0 atom stereocenters. The topological polar surface area (TPSA) is 0 Å². The normalized spacial score (nSPS) is 14.5. The Morgan fingerprint density at radius 2 is 1.12 bits per heavy atom. The van der Waals surface area contributed by atoms with Crippen molar-refractivity contribution in [2.75, 3.05) is 0 Å². The van der Waals surface area contributed by atoms with Crippen LogP contribution in [0.3, 0.4) is 0 Å².